The summed E-state index contributed by atoms with van der Waals surface area (Å²) >= 11 is 0. The van der Waals surface area contributed by atoms with E-state index in [2.05, 4.69) is 11.9 Å². The number of aromatic hydroxyl groups is 1. The average molecular weight is 318 g/mol. The zero-order valence-corrected chi connectivity index (χ0v) is 13.2. The molecule has 1 aromatic carbocycles. The molecule has 1 saturated heterocycles. The fraction of sp³-hybridized carbons (Fsp3) is 0.412. The van der Waals surface area contributed by atoms with Crippen LogP contribution in [0, 0.1) is 5.92 Å². The number of amides is 2. The summed E-state index contributed by atoms with van der Waals surface area (Å²) in [4.78, 5) is 25.6. The van der Waals surface area contributed by atoms with Gasteiger partial charge in [0, 0.05) is 18.7 Å². The molecule has 1 aliphatic rings. The molecule has 0 saturated carbocycles. The summed E-state index contributed by atoms with van der Waals surface area (Å²) in [6.07, 6.45) is 2.26. The number of carbonyl (C=O) groups excluding carboxylic acids is 2. The Balaban J connectivity index is 2.09. The molecule has 0 aromatic heterocycles. The number of rotatable bonds is 4. The van der Waals surface area contributed by atoms with Crippen molar-refractivity contribution in [3.05, 3.63) is 36.4 Å². The van der Waals surface area contributed by atoms with E-state index in [1.807, 2.05) is 0 Å². The number of nitrogens with one attached hydrogen (secondary N) is 1. The van der Waals surface area contributed by atoms with Crippen molar-refractivity contribution in [3.63, 3.8) is 0 Å². The molecule has 6 heteroatoms. The first-order valence-corrected chi connectivity index (χ1v) is 7.66. The van der Waals surface area contributed by atoms with Gasteiger partial charge in [0.25, 0.3) is 5.91 Å². The van der Waals surface area contributed by atoms with Crippen LogP contribution in [0.4, 0.5) is 5.69 Å². The van der Waals surface area contributed by atoms with Gasteiger partial charge < -0.3 is 20.4 Å². The van der Waals surface area contributed by atoms with Gasteiger partial charge in [-0.2, -0.15) is 0 Å². The molecule has 1 aliphatic heterocycles. The summed E-state index contributed by atoms with van der Waals surface area (Å²) in [5.41, 5.74) is 0.581. The summed E-state index contributed by atoms with van der Waals surface area (Å²) < 4.78 is 0. The summed E-state index contributed by atoms with van der Waals surface area (Å²) in [6.45, 7) is 6.30. The van der Waals surface area contributed by atoms with Gasteiger partial charge >= 0.3 is 0 Å². The van der Waals surface area contributed by atoms with Crippen molar-refractivity contribution in [2.45, 2.75) is 25.9 Å². The maximum Gasteiger partial charge on any atom is 0.253 e. The van der Waals surface area contributed by atoms with Crippen LogP contribution in [0.3, 0.4) is 0 Å². The van der Waals surface area contributed by atoms with Crippen molar-refractivity contribution >= 4 is 17.5 Å². The molecule has 2 rings (SSSR count). The Kier molecular flexibility index (Phi) is 5.39. The van der Waals surface area contributed by atoms with Crippen LogP contribution in [-0.2, 0) is 4.79 Å². The molecule has 0 aliphatic carbocycles. The van der Waals surface area contributed by atoms with E-state index in [1.54, 1.807) is 11.8 Å². The fourth-order valence-electron chi connectivity index (χ4n) is 2.72. The van der Waals surface area contributed by atoms with Gasteiger partial charge in [0.05, 0.1) is 11.8 Å². The quantitative estimate of drug-likeness (QED) is 0.583. The van der Waals surface area contributed by atoms with Crippen LogP contribution in [0.15, 0.2) is 30.9 Å². The number of benzene rings is 1. The Hall–Kier alpha value is -2.34. The minimum atomic E-state index is -0.456. The molecule has 3 N–H and O–H groups in total. The number of aliphatic hydroxyl groups is 1. The normalized spacial score (nSPS) is 16.7. The molecule has 1 aromatic rings. The molecule has 0 unspecified atom stereocenters. The lowest BCUT2D eigenvalue weighted by molar-refractivity contribution is -0.111. The number of anilines is 1. The highest BCUT2D eigenvalue weighted by atomic mass is 16.3. The van der Waals surface area contributed by atoms with Crippen LogP contribution in [0.1, 0.15) is 30.1 Å². The number of carbonyl (C=O) groups is 2. The molecule has 1 atom stereocenters. The van der Waals surface area contributed by atoms with E-state index in [-0.39, 0.29) is 29.4 Å². The molecule has 0 spiro atoms. The third kappa shape index (κ3) is 4.10. The molecule has 6 nitrogen and oxygen atoms in total. The SMILES string of the molecule is C=CC(=O)Nc1cc(C(=O)N2CCC([C@@H](C)O)CC2)ccc1O. The Bertz CT molecular complexity index is 605. The molecule has 2 amide bonds. The van der Waals surface area contributed by atoms with Crippen LogP contribution in [0.25, 0.3) is 0 Å². The van der Waals surface area contributed by atoms with Crippen LogP contribution in [-0.4, -0.2) is 46.1 Å². The van der Waals surface area contributed by atoms with Crippen molar-refractivity contribution in [2.75, 3.05) is 18.4 Å². The molecule has 0 radical (unpaired) electrons. The summed E-state index contributed by atoms with van der Waals surface area (Å²) in [6, 6.07) is 4.37. The largest absolute Gasteiger partial charge is 0.506 e. The van der Waals surface area contributed by atoms with E-state index in [0.717, 1.165) is 18.9 Å². The number of phenols is 1. The first kappa shape index (κ1) is 17.0. The third-order valence-corrected chi connectivity index (χ3v) is 4.20. The predicted molar refractivity (Wildman–Crippen MR) is 87.2 cm³/mol. The summed E-state index contributed by atoms with van der Waals surface area (Å²) in [5, 5.41) is 21.8. The second kappa shape index (κ2) is 7.28. The van der Waals surface area contributed by atoms with Crippen LogP contribution in [0.2, 0.25) is 0 Å². The van der Waals surface area contributed by atoms with Crippen molar-refractivity contribution in [1.29, 1.82) is 0 Å². The van der Waals surface area contributed by atoms with Crippen molar-refractivity contribution in [3.8, 4) is 5.75 Å². The maximum atomic E-state index is 12.5. The number of aliphatic hydroxyl groups excluding tert-OH is 1. The van der Waals surface area contributed by atoms with E-state index in [4.69, 9.17) is 0 Å². The van der Waals surface area contributed by atoms with Gasteiger partial charge in [-0.3, -0.25) is 9.59 Å². The highest BCUT2D eigenvalue weighted by Gasteiger charge is 2.26. The van der Waals surface area contributed by atoms with Gasteiger partial charge in [-0.05, 0) is 50.0 Å². The van der Waals surface area contributed by atoms with Gasteiger partial charge in [0.15, 0.2) is 0 Å². The van der Waals surface area contributed by atoms with Crippen molar-refractivity contribution < 1.29 is 19.8 Å². The molecule has 0 bridgehead atoms. The first-order valence-electron chi connectivity index (χ1n) is 7.66. The number of likely N-dealkylation sites (tertiary alicyclic amines) is 1. The maximum absolute atomic E-state index is 12.5. The van der Waals surface area contributed by atoms with Gasteiger partial charge in [-0.15, -0.1) is 0 Å². The zero-order valence-electron chi connectivity index (χ0n) is 13.2. The number of hydrogen-bond donors (Lipinski definition) is 3. The number of phenolic OH excluding ortho intramolecular Hbond substituents is 1. The van der Waals surface area contributed by atoms with Gasteiger partial charge in [0.2, 0.25) is 5.91 Å². The highest BCUT2D eigenvalue weighted by molar-refractivity contribution is 6.02. The van der Waals surface area contributed by atoms with Crippen LogP contribution < -0.4 is 5.32 Å². The number of hydrogen-bond acceptors (Lipinski definition) is 4. The highest BCUT2D eigenvalue weighted by Crippen LogP contribution is 2.26. The molecular formula is C17H22N2O4. The van der Waals surface area contributed by atoms with Crippen molar-refractivity contribution in [2.24, 2.45) is 5.92 Å². The topological polar surface area (TPSA) is 89.9 Å². The van der Waals surface area contributed by atoms with Gasteiger partial charge in [-0.1, -0.05) is 6.58 Å². The van der Waals surface area contributed by atoms with Crippen LogP contribution >= 0.6 is 0 Å². The minimum absolute atomic E-state index is 0.107. The molecule has 23 heavy (non-hydrogen) atoms. The first-order chi connectivity index (χ1) is 10.9. The molecule has 1 heterocycles. The fourth-order valence-corrected chi connectivity index (χ4v) is 2.72. The van der Waals surface area contributed by atoms with E-state index in [0.29, 0.717) is 18.7 Å². The standard InChI is InChI=1S/C17H22N2O4/c1-3-16(22)18-14-10-13(4-5-15(14)21)17(23)19-8-6-12(7-9-19)11(2)20/h3-5,10-12,20-21H,1,6-9H2,2H3,(H,18,22)/t11-/m1/s1. The van der Waals surface area contributed by atoms with E-state index in [9.17, 15) is 19.8 Å². The third-order valence-electron chi connectivity index (χ3n) is 4.20. The average Bonchev–Trinajstić information content (AvgIpc) is 2.56. The lowest BCUT2D eigenvalue weighted by atomic mass is 9.92. The second-order valence-corrected chi connectivity index (χ2v) is 5.80. The number of nitrogens with zero attached hydrogens (tertiary/aromatic N) is 1. The van der Waals surface area contributed by atoms with Gasteiger partial charge in [-0.25, -0.2) is 0 Å². The monoisotopic (exact) mass is 318 g/mol. The Morgan fingerprint density at radius 1 is 1.39 bits per heavy atom. The summed E-state index contributed by atoms with van der Waals surface area (Å²) in [7, 11) is 0. The predicted octanol–water partition coefficient (Wildman–Crippen LogP) is 1.75. The smallest absolute Gasteiger partial charge is 0.253 e. The Morgan fingerprint density at radius 3 is 2.61 bits per heavy atom. The van der Waals surface area contributed by atoms with Crippen molar-refractivity contribution in [1.82, 2.24) is 4.90 Å². The molecule has 1 fully saturated rings. The van der Waals surface area contributed by atoms with E-state index >= 15 is 0 Å². The Morgan fingerprint density at radius 2 is 2.04 bits per heavy atom. The molecule has 124 valence electrons. The van der Waals surface area contributed by atoms with Crippen LogP contribution in [0.5, 0.6) is 5.75 Å². The minimum Gasteiger partial charge on any atom is -0.506 e. The zero-order chi connectivity index (χ0) is 17.0. The summed E-state index contributed by atoms with van der Waals surface area (Å²) in [5.74, 6) is -0.489. The lowest BCUT2D eigenvalue weighted by Crippen LogP contribution is -2.40. The van der Waals surface area contributed by atoms with E-state index in [1.165, 1.54) is 18.2 Å². The lowest BCUT2D eigenvalue weighted by Gasteiger charge is -2.33. The molecular weight excluding hydrogens is 296 g/mol. The second-order valence-electron chi connectivity index (χ2n) is 5.80. The van der Waals surface area contributed by atoms with Gasteiger partial charge in [0.1, 0.15) is 5.75 Å². The Labute approximate surface area is 135 Å². The number of piperidine rings is 1. The van der Waals surface area contributed by atoms with E-state index < -0.39 is 5.91 Å².